The van der Waals surface area contributed by atoms with Crippen molar-refractivity contribution in [1.82, 2.24) is 10.6 Å². The maximum Gasteiger partial charge on any atom is 0.192 e. The number of hydrogen-bond acceptors (Lipinski definition) is 5. The Morgan fingerprint density at radius 2 is 2.13 bits per heavy atom. The molecule has 0 radical (unpaired) electrons. The molecule has 1 aromatic carbocycles. The molecular formula is C23H31N3O4. The van der Waals surface area contributed by atoms with Gasteiger partial charge in [-0.1, -0.05) is 18.2 Å². The zero-order valence-electron chi connectivity index (χ0n) is 17.5. The summed E-state index contributed by atoms with van der Waals surface area (Å²) in [7, 11) is 0. The van der Waals surface area contributed by atoms with Crippen LogP contribution in [0.1, 0.15) is 37.1 Å². The van der Waals surface area contributed by atoms with Gasteiger partial charge in [0.1, 0.15) is 11.5 Å². The zero-order chi connectivity index (χ0) is 20.6. The van der Waals surface area contributed by atoms with Crippen LogP contribution >= 0.6 is 0 Å². The van der Waals surface area contributed by atoms with Gasteiger partial charge in [-0.2, -0.15) is 0 Å². The summed E-state index contributed by atoms with van der Waals surface area (Å²) < 4.78 is 22.6. The fourth-order valence-corrected chi connectivity index (χ4v) is 3.72. The van der Waals surface area contributed by atoms with E-state index >= 15 is 0 Å². The zero-order valence-corrected chi connectivity index (χ0v) is 17.5. The highest BCUT2D eigenvalue weighted by Crippen LogP contribution is 2.31. The van der Waals surface area contributed by atoms with E-state index in [1.54, 1.807) is 6.26 Å². The molecule has 3 heterocycles. The molecule has 0 saturated carbocycles. The summed E-state index contributed by atoms with van der Waals surface area (Å²) >= 11 is 0. The summed E-state index contributed by atoms with van der Waals surface area (Å²) in [4.78, 5) is 4.80. The van der Waals surface area contributed by atoms with Crippen LogP contribution in [-0.4, -0.2) is 51.1 Å². The third-order valence-electron chi connectivity index (χ3n) is 5.33. The van der Waals surface area contributed by atoms with Crippen LogP contribution in [0.25, 0.3) is 0 Å². The molecule has 2 aliphatic heterocycles. The van der Waals surface area contributed by atoms with Crippen molar-refractivity contribution in [3.63, 3.8) is 0 Å². The fraction of sp³-hybridized carbons (Fsp3) is 0.522. The third-order valence-corrected chi connectivity index (χ3v) is 5.33. The Kier molecular flexibility index (Phi) is 7.26. The van der Waals surface area contributed by atoms with E-state index in [2.05, 4.69) is 23.6 Å². The summed E-state index contributed by atoms with van der Waals surface area (Å²) in [5.41, 5.74) is 1.16. The van der Waals surface area contributed by atoms with Crippen molar-refractivity contribution in [2.24, 2.45) is 4.99 Å². The first-order chi connectivity index (χ1) is 14.8. The number of guanidine groups is 1. The van der Waals surface area contributed by atoms with E-state index in [-0.39, 0.29) is 18.2 Å². The minimum absolute atomic E-state index is 0.121. The number of fused-ring (bicyclic) bond motifs is 1. The second-order valence-corrected chi connectivity index (χ2v) is 7.80. The standard InChI is InChI=1S/C23H31N3O4/c1-17(15-30-19-9-13-27-16-19)25-23(24-11-8-18-5-4-12-28-18)26-21-10-14-29-22-7-3-2-6-20(21)22/h2-7,12,17,19,21H,8-11,13-16H2,1H3,(H2,24,25,26). The minimum Gasteiger partial charge on any atom is -0.493 e. The van der Waals surface area contributed by atoms with Crippen molar-refractivity contribution < 1.29 is 18.6 Å². The normalized spacial score (nSPS) is 22.2. The summed E-state index contributed by atoms with van der Waals surface area (Å²) in [6.45, 7) is 5.52. The van der Waals surface area contributed by atoms with E-state index in [0.29, 0.717) is 26.4 Å². The summed E-state index contributed by atoms with van der Waals surface area (Å²) in [5.74, 6) is 2.66. The van der Waals surface area contributed by atoms with Crippen LogP contribution in [0.2, 0.25) is 0 Å². The lowest BCUT2D eigenvalue weighted by atomic mass is 10.0. The minimum atomic E-state index is 0.121. The number of nitrogens with one attached hydrogen (secondary N) is 2. The average Bonchev–Trinajstić information content (AvgIpc) is 3.47. The van der Waals surface area contributed by atoms with Gasteiger partial charge >= 0.3 is 0 Å². The molecule has 1 aromatic heterocycles. The van der Waals surface area contributed by atoms with Gasteiger partial charge in [0.15, 0.2) is 5.96 Å². The highest BCUT2D eigenvalue weighted by atomic mass is 16.5. The number of aliphatic imine (C=N–C) groups is 1. The lowest BCUT2D eigenvalue weighted by Gasteiger charge is -2.29. The molecule has 0 bridgehead atoms. The van der Waals surface area contributed by atoms with Crippen molar-refractivity contribution in [3.8, 4) is 5.75 Å². The molecule has 30 heavy (non-hydrogen) atoms. The molecule has 162 valence electrons. The first-order valence-electron chi connectivity index (χ1n) is 10.8. The average molecular weight is 414 g/mol. The Hall–Kier alpha value is -2.51. The van der Waals surface area contributed by atoms with Crippen LogP contribution in [0.3, 0.4) is 0 Å². The Labute approximate surface area is 177 Å². The molecule has 4 rings (SSSR count). The van der Waals surface area contributed by atoms with Gasteiger partial charge in [-0.25, -0.2) is 0 Å². The lowest BCUT2D eigenvalue weighted by Crippen LogP contribution is -2.46. The van der Waals surface area contributed by atoms with Gasteiger partial charge in [-0.3, -0.25) is 4.99 Å². The lowest BCUT2D eigenvalue weighted by molar-refractivity contribution is 0.0347. The molecule has 1 saturated heterocycles. The van der Waals surface area contributed by atoms with E-state index in [0.717, 1.165) is 48.9 Å². The highest BCUT2D eigenvalue weighted by molar-refractivity contribution is 5.80. The molecule has 2 N–H and O–H groups in total. The van der Waals surface area contributed by atoms with Crippen molar-refractivity contribution in [3.05, 3.63) is 54.0 Å². The van der Waals surface area contributed by atoms with Gasteiger partial charge in [0, 0.05) is 37.6 Å². The highest BCUT2D eigenvalue weighted by Gasteiger charge is 2.23. The number of para-hydroxylation sites is 1. The Morgan fingerprint density at radius 3 is 2.97 bits per heavy atom. The fourth-order valence-electron chi connectivity index (χ4n) is 3.72. The summed E-state index contributed by atoms with van der Waals surface area (Å²) in [6, 6.07) is 12.3. The van der Waals surface area contributed by atoms with Crippen LogP contribution in [0, 0.1) is 0 Å². The largest absolute Gasteiger partial charge is 0.493 e. The van der Waals surface area contributed by atoms with Crippen LogP contribution in [0.5, 0.6) is 5.75 Å². The molecular weight excluding hydrogens is 382 g/mol. The molecule has 7 heteroatoms. The molecule has 3 atom stereocenters. The van der Waals surface area contributed by atoms with E-state index < -0.39 is 0 Å². The van der Waals surface area contributed by atoms with E-state index in [9.17, 15) is 0 Å². The number of nitrogens with zero attached hydrogens (tertiary/aromatic N) is 1. The summed E-state index contributed by atoms with van der Waals surface area (Å²) in [6.07, 6.45) is 4.51. The van der Waals surface area contributed by atoms with Gasteiger partial charge in [0.05, 0.1) is 38.2 Å². The number of hydrogen-bond donors (Lipinski definition) is 2. The van der Waals surface area contributed by atoms with Crippen LogP contribution in [-0.2, 0) is 15.9 Å². The van der Waals surface area contributed by atoms with Crippen LogP contribution < -0.4 is 15.4 Å². The molecule has 0 amide bonds. The molecule has 2 aromatic rings. The summed E-state index contributed by atoms with van der Waals surface area (Å²) in [5, 5.41) is 7.10. The van der Waals surface area contributed by atoms with Gasteiger partial charge in [0.25, 0.3) is 0 Å². The molecule has 0 spiro atoms. The predicted octanol–water partition coefficient (Wildman–Crippen LogP) is 3.08. The second-order valence-electron chi connectivity index (χ2n) is 7.80. The predicted molar refractivity (Wildman–Crippen MR) is 115 cm³/mol. The van der Waals surface area contributed by atoms with Crippen LogP contribution in [0.15, 0.2) is 52.1 Å². The van der Waals surface area contributed by atoms with Crippen molar-refractivity contribution >= 4 is 5.96 Å². The number of benzene rings is 1. The van der Waals surface area contributed by atoms with E-state index in [1.807, 2.05) is 30.3 Å². The molecule has 0 aliphatic carbocycles. The first kappa shape index (κ1) is 20.8. The maximum atomic E-state index is 5.97. The van der Waals surface area contributed by atoms with Crippen molar-refractivity contribution in [2.75, 3.05) is 33.0 Å². The van der Waals surface area contributed by atoms with Crippen molar-refractivity contribution in [2.45, 2.75) is 44.4 Å². The monoisotopic (exact) mass is 413 g/mol. The van der Waals surface area contributed by atoms with Gasteiger partial charge < -0.3 is 29.3 Å². The number of rotatable bonds is 8. The Morgan fingerprint density at radius 1 is 1.20 bits per heavy atom. The number of ether oxygens (including phenoxy) is 3. The molecule has 7 nitrogen and oxygen atoms in total. The van der Waals surface area contributed by atoms with Crippen molar-refractivity contribution in [1.29, 1.82) is 0 Å². The second kappa shape index (κ2) is 10.5. The van der Waals surface area contributed by atoms with E-state index in [1.165, 1.54) is 0 Å². The smallest absolute Gasteiger partial charge is 0.192 e. The molecule has 2 aliphatic rings. The van der Waals surface area contributed by atoms with Gasteiger partial charge in [0.2, 0.25) is 0 Å². The topological polar surface area (TPSA) is 77.2 Å². The van der Waals surface area contributed by atoms with Gasteiger partial charge in [-0.15, -0.1) is 0 Å². The molecule has 1 fully saturated rings. The Balaban J connectivity index is 1.38. The Bertz CT molecular complexity index is 803. The number of furan rings is 1. The maximum absolute atomic E-state index is 5.97. The van der Waals surface area contributed by atoms with Gasteiger partial charge in [-0.05, 0) is 31.5 Å². The quantitative estimate of drug-likeness (QED) is 0.512. The first-order valence-corrected chi connectivity index (χ1v) is 10.8. The van der Waals surface area contributed by atoms with E-state index in [4.69, 9.17) is 23.6 Å². The molecule has 3 unspecified atom stereocenters. The van der Waals surface area contributed by atoms with Crippen LogP contribution in [0.4, 0.5) is 0 Å². The third kappa shape index (κ3) is 5.77. The SMILES string of the molecule is CC(COC1CCOC1)NC(=NCCc1ccco1)NC1CCOc2ccccc21.